The van der Waals surface area contributed by atoms with Crippen LogP contribution < -0.4 is 5.32 Å². The largest absolute Gasteiger partial charge is 0.310 e. The van der Waals surface area contributed by atoms with Crippen molar-refractivity contribution in [1.82, 2.24) is 5.32 Å². The first kappa shape index (κ1) is 14.3. The monoisotopic (exact) mass is 273 g/mol. The number of rotatable bonds is 3. The van der Waals surface area contributed by atoms with Gasteiger partial charge in [-0.25, -0.2) is 8.42 Å². The van der Waals surface area contributed by atoms with Crippen LogP contribution in [-0.2, 0) is 9.84 Å². The van der Waals surface area contributed by atoms with E-state index in [1.807, 2.05) is 0 Å². The average molecular weight is 273 g/mol. The van der Waals surface area contributed by atoms with E-state index in [0.717, 1.165) is 25.2 Å². The van der Waals surface area contributed by atoms with Gasteiger partial charge in [0.2, 0.25) is 0 Å². The molecular formula is C14H27NO2S. The van der Waals surface area contributed by atoms with Gasteiger partial charge in [0.1, 0.15) is 0 Å². The maximum atomic E-state index is 11.8. The molecule has 0 aromatic rings. The van der Waals surface area contributed by atoms with Crippen molar-refractivity contribution in [2.45, 2.75) is 69.7 Å². The van der Waals surface area contributed by atoms with Crippen molar-refractivity contribution < 1.29 is 8.42 Å². The Hall–Kier alpha value is -0.0900. The summed E-state index contributed by atoms with van der Waals surface area (Å²) in [5.41, 5.74) is 0. The highest BCUT2D eigenvalue weighted by Crippen LogP contribution is 2.32. The molecule has 0 amide bonds. The van der Waals surface area contributed by atoms with Crippen LogP contribution in [0.2, 0.25) is 0 Å². The van der Waals surface area contributed by atoms with Crippen LogP contribution in [0.15, 0.2) is 0 Å². The van der Waals surface area contributed by atoms with Crippen molar-refractivity contribution in [1.29, 1.82) is 0 Å². The first-order chi connectivity index (χ1) is 8.39. The summed E-state index contributed by atoms with van der Waals surface area (Å²) in [6.45, 7) is 4.63. The van der Waals surface area contributed by atoms with E-state index in [9.17, 15) is 8.42 Å². The van der Waals surface area contributed by atoms with Gasteiger partial charge in [0.05, 0.1) is 5.25 Å². The SMILES string of the molecule is CC1CCCC(NC2CCCC2S(C)(=O)=O)C1C. The molecular weight excluding hydrogens is 246 g/mol. The Bertz CT molecular complexity index is 379. The maximum absolute atomic E-state index is 11.8. The van der Waals surface area contributed by atoms with Crippen LogP contribution in [0, 0.1) is 11.8 Å². The van der Waals surface area contributed by atoms with Crippen LogP contribution >= 0.6 is 0 Å². The lowest BCUT2D eigenvalue weighted by Crippen LogP contribution is -2.49. The van der Waals surface area contributed by atoms with Crippen molar-refractivity contribution >= 4 is 9.84 Å². The standard InChI is InChI=1S/C14H27NO2S/c1-10-6-4-7-12(11(10)2)15-13-8-5-9-14(13)18(3,16)17/h10-15H,4-9H2,1-3H3. The molecule has 0 spiro atoms. The molecule has 2 rings (SSSR count). The molecule has 5 unspecified atom stereocenters. The Labute approximate surface area is 112 Å². The van der Waals surface area contributed by atoms with Crippen molar-refractivity contribution in [3.8, 4) is 0 Å². The third kappa shape index (κ3) is 3.08. The molecule has 2 saturated carbocycles. The molecule has 0 saturated heterocycles. The Kier molecular flexibility index (Phi) is 4.37. The fraction of sp³-hybridized carbons (Fsp3) is 1.00. The minimum atomic E-state index is -2.90. The topological polar surface area (TPSA) is 46.2 Å². The normalized spacial score (nSPS) is 42.1. The van der Waals surface area contributed by atoms with E-state index < -0.39 is 9.84 Å². The molecule has 18 heavy (non-hydrogen) atoms. The number of nitrogens with one attached hydrogen (secondary N) is 1. The van der Waals surface area contributed by atoms with E-state index in [2.05, 4.69) is 19.2 Å². The Morgan fingerprint density at radius 3 is 2.22 bits per heavy atom. The van der Waals surface area contributed by atoms with E-state index in [4.69, 9.17) is 0 Å². The fourth-order valence-electron chi connectivity index (χ4n) is 3.72. The van der Waals surface area contributed by atoms with Gasteiger partial charge in [-0.3, -0.25) is 0 Å². The molecule has 0 aromatic carbocycles. The van der Waals surface area contributed by atoms with Crippen molar-refractivity contribution in [2.75, 3.05) is 6.26 Å². The summed E-state index contributed by atoms with van der Waals surface area (Å²) in [5.74, 6) is 1.42. The zero-order valence-electron chi connectivity index (χ0n) is 11.9. The van der Waals surface area contributed by atoms with Gasteiger partial charge >= 0.3 is 0 Å². The Morgan fingerprint density at radius 2 is 1.56 bits per heavy atom. The van der Waals surface area contributed by atoms with Crippen LogP contribution in [0.25, 0.3) is 0 Å². The molecule has 4 heteroatoms. The van der Waals surface area contributed by atoms with Crippen molar-refractivity contribution in [3.05, 3.63) is 0 Å². The van der Waals surface area contributed by atoms with Crippen molar-refractivity contribution in [2.24, 2.45) is 11.8 Å². The van der Waals surface area contributed by atoms with Crippen LogP contribution in [0.4, 0.5) is 0 Å². The molecule has 106 valence electrons. The van der Waals surface area contributed by atoms with Gasteiger partial charge < -0.3 is 5.32 Å². The second-order valence-electron chi connectivity index (χ2n) is 6.45. The molecule has 0 aromatic heterocycles. The quantitative estimate of drug-likeness (QED) is 0.858. The molecule has 5 atom stereocenters. The predicted molar refractivity (Wildman–Crippen MR) is 75.4 cm³/mol. The second kappa shape index (κ2) is 5.49. The smallest absolute Gasteiger partial charge is 0.151 e. The molecule has 2 aliphatic rings. The first-order valence-corrected chi connectivity index (χ1v) is 9.30. The summed E-state index contributed by atoms with van der Waals surface area (Å²) >= 11 is 0. The summed E-state index contributed by atoms with van der Waals surface area (Å²) in [7, 11) is -2.90. The van der Waals surface area contributed by atoms with Crippen LogP contribution in [0.5, 0.6) is 0 Å². The summed E-state index contributed by atoms with van der Waals surface area (Å²) < 4.78 is 23.6. The van der Waals surface area contributed by atoms with Gasteiger partial charge in [0.15, 0.2) is 9.84 Å². The minimum absolute atomic E-state index is 0.151. The highest BCUT2D eigenvalue weighted by Gasteiger charge is 2.37. The van der Waals surface area contributed by atoms with Crippen LogP contribution in [-0.4, -0.2) is 32.0 Å². The molecule has 2 aliphatic carbocycles. The van der Waals surface area contributed by atoms with Gasteiger partial charge in [-0.15, -0.1) is 0 Å². The first-order valence-electron chi connectivity index (χ1n) is 7.34. The van der Waals surface area contributed by atoms with Gasteiger partial charge in [-0.05, 0) is 31.1 Å². The van der Waals surface area contributed by atoms with Crippen LogP contribution in [0.3, 0.4) is 0 Å². The molecule has 0 bridgehead atoms. The number of sulfone groups is 1. The molecule has 0 radical (unpaired) electrons. The molecule has 3 nitrogen and oxygen atoms in total. The van der Waals surface area contributed by atoms with E-state index in [1.54, 1.807) is 0 Å². The zero-order chi connectivity index (χ0) is 13.3. The third-order valence-corrected chi connectivity index (χ3v) is 6.80. The third-order valence-electron chi connectivity index (χ3n) is 5.14. The highest BCUT2D eigenvalue weighted by atomic mass is 32.2. The zero-order valence-corrected chi connectivity index (χ0v) is 12.7. The van der Waals surface area contributed by atoms with E-state index in [1.165, 1.54) is 25.5 Å². The summed E-state index contributed by atoms with van der Waals surface area (Å²) in [5, 5.41) is 3.52. The Balaban J connectivity index is 2.00. The minimum Gasteiger partial charge on any atom is -0.310 e. The van der Waals surface area contributed by atoms with Crippen molar-refractivity contribution in [3.63, 3.8) is 0 Å². The lowest BCUT2D eigenvalue weighted by molar-refractivity contribution is 0.194. The number of hydrogen-bond donors (Lipinski definition) is 1. The summed E-state index contributed by atoms with van der Waals surface area (Å²) in [6, 6.07) is 0.707. The summed E-state index contributed by atoms with van der Waals surface area (Å²) in [6.07, 6.45) is 8.11. The lowest BCUT2D eigenvalue weighted by Gasteiger charge is -2.37. The van der Waals surface area contributed by atoms with E-state index >= 15 is 0 Å². The predicted octanol–water partition coefficient (Wildman–Crippen LogP) is 2.37. The molecule has 0 aliphatic heterocycles. The van der Waals surface area contributed by atoms with E-state index in [0.29, 0.717) is 12.0 Å². The van der Waals surface area contributed by atoms with E-state index in [-0.39, 0.29) is 11.3 Å². The fourth-order valence-corrected chi connectivity index (χ4v) is 5.13. The maximum Gasteiger partial charge on any atom is 0.151 e. The molecule has 2 fully saturated rings. The van der Waals surface area contributed by atoms with Gasteiger partial charge in [0, 0.05) is 18.3 Å². The van der Waals surface area contributed by atoms with Gasteiger partial charge in [-0.2, -0.15) is 0 Å². The van der Waals surface area contributed by atoms with Gasteiger partial charge in [-0.1, -0.05) is 33.1 Å². The summed E-state index contributed by atoms with van der Waals surface area (Å²) in [4.78, 5) is 0. The van der Waals surface area contributed by atoms with Gasteiger partial charge in [0.25, 0.3) is 0 Å². The molecule has 0 heterocycles. The second-order valence-corrected chi connectivity index (χ2v) is 8.71. The number of hydrogen-bond acceptors (Lipinski definition) is 3. The average Bonchev–Trinajstić information content (AvgIpc) is 2.72. The Morgan fingerprint density at radius 1 is 0.944 bits per heavy atom. The molecule has 1 N–H and O–H groups in total. The lowest BCUT2D eigenvalue weighted by atomic mass is 9.78. The highest BCUT2D eigenvalue weighted by molar-refractivity contribution is 7.91. The van der Waals surface area contributed by atoms with Crippen LogP contribution in [0.1, 0.15) is 52.4 Å².